The zero-order chi connectivity index (χ0) is 21.9. The lowest BCUT2D eigenvalue weighted by molar-refractivity contribution is 0.719. The molecule has 0 heteroatoms. The van der Waals surface area contributed by atoms with E-state index in [4.69, 9.17) is 0 Å². The second-order valence-corrected chi connectivity index (χ2v) is 9.29. The second kappa shape index (κ2) is 9.33. The van der Waals surface area contributed by atoms with Gasteiger partial charge in [-0.1, -0.05) is 112 Å². The molecule has 0 saturated carbocycles. The number of hydrogen-bond donors (Lipinski definition) is 0. The first-order valence-corrected chi connectivity index (χ1v) is 12.6. The highest BCUT2D eigenvalue weighted by Crippen LogP contribution is 2.40. The van der Waals surface area contributed by atoms with Gasteiger partial charge in [0.25, 0.3) is 0 Å². The molecule has 0 aliphatic heterocycles. The predicted molar refractivity (Wildman–Crippen MR) is 143 cm³/mol. The summed E-state index contributed by atoms with van der Waals surface area (Å²) in [6.45, 7) is 4.60. The van der Waals surface area contributed by atoms with E-state index < -0.39 is 0 Å². The van der Waals surface area contributed by atoms with E-state index in [0.29, 0.717) is 0 Å². The molecule has 32 heavy (non-hydrogen) atoms. The van der Waals surface area contributed by atoms with Crippen molar-refractivity contribution < 1.29 is 0 Å². The number of fused-ring (bicyclic) bond motifs is 6. The maximum atomic E-state index is 2.43. The molecule has 162 valence electrons. The van der Waals surface area contributed by atoms with Gasteiger partial charge in [0, 0.05) is 0 Å². The summed E-state index contributed by atoms with van der Waals surface area (Å²) in [5.74, 6) is 0. The van der Waals surface area contributed by atoms with Crippen LogP contribution in [0.1, 0.15) is 63.5 Å². The van der Waals surface area contributed by atoms with Crippen molar-refractivity contribution in [3.63, 3.8) is 0 Å². The molecule has 5 aromatic rings. The summed E-state index contributed by atoms with van der Waals surface area (Å²) in [5, 5.41) is 11.5. The summed E-state index contributed by atoms with van der Waals surface area (Å²) >= 11 is 0. The van der Waals surface area contributed by atoms with Gasteiger partial charge in [0.15, 0.2) is 0 Å². The largest absolute Gasteiger partial charge is 0.0654 e. The minimum Gasteiger partial charge on any atom is -0.0654 e. The molecule has 0 radical (unpaired) electrons. The third-order valence-corrected chi connectivity index (χ3v) is 7.19. The van der Waals surface area contributed by atoms with E-state index in [9.17, 15) is 0 Å². The molecule has 5 rings (SSSR count). The van der Waals surface area contributed by atoms with Crippen molar-refractivity contribution in [3.8, 4) is 0 Å². The fourth-order valence-electron chi connectivity index (χ4n) is 5.59. The average molecular weight is 419 g/mol. The highest BCUT2D eigenvalue weighted by Gasteiger charge is 2.16. The molecule has 0 nitrogen and oxygen atoms in total. The monoisotopic (exact) mass is 418 g/mol. The van der Waals surface area contributed by atoms with Crippen LogP contribution in [0.4, 0.5) is 0 Å². The van der Waals surface area contributed by atoms with Gasteiger partial charge in [0.05, 0.1) is 0 Å². The molecule has 0 amide bonds. The first kappa shape index (κ1) is 21.0. The van der Waals surface area contributed by atoms with Gasteiger partial charge in [-0.05, 0) is 79.9 Å². The molecule has 0 atom stereocenters. The molecule has 0 spiro atoms. The van der Waals surface area contributed by atoms with Crippen LogP contribution in [-0.4, -0.2) is 0 Å². The van der Waals surface area contributed by atoms with Crippen LogP contribution >= 0.6 is 0 Å². The van der Waals surface area contributed by atoms with Gasteiger partial charge in [-0.3, -0.25) is 0 Å². The van der Waals surface area contributed by atoms with E-state index in [1.807, 2.05) is 0 Å². The van der Waals surface area contributed by atoms with Crippen molar-refractivity contribution >= 4 is 43.1 Å². The van der Waals surface area contributed by atoms with Crippen molar-refractivity contribution in [1.82, 2.24) is 0 Å². The Balaban J connectivity index is 1.88. The first-order valence-electron chi connectivity index (χ1n) is 12.6. The van der Waals surface area contributed by atoms with Crippen LogP contribution in [0.2, 0.25) is 0 Å². The number of unbranched alkanes of at least 4 members (excludes halogenated alkanes) is 4. The van der Waals surface area contributed by atoms with Gasteiger partial charge in [0.1, 0.15) is 0 Å². The molecule has 0 fully saturated rings. The van der Waals surface area contributed by atoms with Gasteiger partial charge >= 0.3 is 0 Å². The Morgan fingerprint density at radius 1 is 0.438 bits per heavy atom. The van der Waals surface area contributed by atoms with Crippen molar-refractivity contribution in [3.05, 3.63) is 83.9 Å². The van der Waals surface area contributed by atoms with E-state index in [1.165, 1.54) is 88.0 Å². The smallest absolute Gasteiger partial charge is 0.00639 e. The van der Waals surface area contributed by atoms with Crippen LogP contribution in [0.15, 0.2) is 72.8 Å². The minimum atomic E-state index is 1.16. The second-order valence-electron chi connectivity index (χ2n) is 9.29. The zero-order valence-electron chi connectivity index (χ0n) is 19.6. The van der Waals surface area contributed by atoms with Crippen molar-refractivity contribution in [2.24, 2.45) is 0 Å². The van der Waals surface area contributed by atoms with Crippen molar-refractivity contribution in [2.45, 2.75) is 65.2 Å². The maximum Gasteiger partial charge on any atom is -0.00639 e. The van der Waals surface area contributed by atoms with Crippen LogP contribution in [0.25, 0.3) is 43.1 Å². The van der Waals surface area contributed by atoms with Gasteiger partial charge < -0.3 is 0 Å². The Hall–Kier alpha value is -2.86. The average Bonchev–Trinajstić information content (AvgIpc) is 2.84. The Kier molecular flexibility index (Phi) is 6.12. The molecule has 0 heterocycles. The summed E-state index contributed by atoms with van der Waals surface area (Å²) < 4.78 is 0. The fourth-order valence-corrected chi connectivity index (χ4v) is 5.59. The lowest BCUT2D eigenvalue weighted by Gasteiger charge is -2.19. The molecule has 5 aromatic carbocycles. The highest BCUT2D eigenvalue weighted by atomic mass is 14.2. The van der Waals surface area contributed by atoms with Crippen LogP contribution in [0.3, 0.4) is 0 Å². The summed E-state index contributed by atoms with van der Waals surface area (Å²) in [6.07, 6.45) is 9.96. The fraction of sp³-hybridized carbons (Fsp3) is 0.312. The van der Waals surface area contributed by atoms with Crippen LogP contribution in [0.5, 0.6) is 0 Å². The van der Waals surface area contributed by atoms with Gasteiger partial charge in [-0.25, -0.2) is 0 Å². The Bertz CT molecular complexity index is 1390. The Labute approximate surface area is 192 Å². The topological polar surface area (TPSA) is 0 Å². The molecule has 0 saturated heterocycles. The third kappa shape index (κ3) is 3.66. The van der Waals surface area contributed by atoms with E-state index in [1.54, 1.807) is 11.1 Å². The Morgan fingerprint density at radius 3 is 1.72 bits per heavy atom. The van der Waals surface area contributed by atoms with E-state index in [-0.39, 0.29) is 0 Å². The third-order valence-electron chi connectivity index (χ3n) is 7.19. The minimum absolute atomic E-state index is 1.16. The lowest BCUT2D eigenvalue weighted by atomic mass is 9.84. The molecule has 0 unspecified atom stereocenters. The van der Waals surface area contributed by atoms with Crippen LogP contribution in [0, 0.1) is 0 Å². The number of aryl methyl sites for hydroxylation is 2. The van der Waals surface area contributed by atoms with Crippen LogP contribution in [-0.2, 0) is 12.8 Å². The molecule has 0 aliphatic rings. The maximum absolute atomic E-state index is 2.43. The zero-order valence-corrected chi connectivity index (χ0v) is 19.6. The normalized spacial score (nSPS) is 11.8. The summed E-state index contributed by atoms with van der Waals surface area (Å²) in [4.78, 5) is 0. The molecule has 0 aliphatic carbocycles. The van der Waals surface area contributed by atoms with E-state index in [0.717, 1.165) is 6.42 Å². The van der Waals surface area contributed by atoms with Crippen LogP contribution < -0.4 is 0 Å². The van der Waals surface area contributed by atoms with Gasteiger partial charge in [-0.2, -0.15) is 0 Å². The van der Waals surface area contributed by atoms with E-state index >= 15 is 0 Å². The summed E-state index contributed by atoms with van der Waals surface area (Å²) in [7, 11) is 0. The lowest BCUT2D eigenvalue weighted by Crippen LogP contribution is -1.98. The molecule has 0 bridgehead atoms. The quantitative estimate of drug-likeness (QED) is 0.134. The van der Waals surface area contributed by atoms with Crippen molar-refractivity contribution in [1.29, 1.82) is 0 Å². The summed E-state index contributed by atoms with van der Waals surface area (Å²) in [6, 6.07) is 27.5. The van der Waals surface area contributed by atoms with E-state index in [2.05, 4.69) is 86.6 Å². The SMILES string of the molecule is CCCCCc1c2ccccc2c(CCCCC)c2c1ccc1c3ccccc3ccc12. The standard InChI is InChI=1S/C32H34/c1-3-5-7-15-27-25-16-11-12-17-26(25)29(18-8-6-4-2)32-30-20-19-23-13-9-10-14-24(23)28(30)21-22-31(27)32/h9-14,16-17,19-22H,3-8,15,18H2,1-2H3. The molecule has 0 N–H and O–H groups in total. The Morgan fingerprint density at radius 2 is 1.00 bits per heavy atom. The molecular formula is C32H34. The highest BCUT2D eigenvalue weighted by molar-refractivity contribution is 6.21. The number of benzene rings is 5. The van der Waals surface area contributed by atoms with Crippen molar-refractivity contribution in [2.75, 3.05) is 0 Å². The molecule has 0 aromatic heterocycles. The van der Waals surface area contributed by atoms with Gasteiger partial charge in [-0.15, -0.1) is 0 Å². The first-order chi connectivity index (χ1) is 15.8. The van der Waals surface area contributed by atoms with Gasteiger partial charge in [0.2, 0.25) is 0 Å². The summed E-state index contributed by atoms with van der Waals surface area (Å²) in [5.41, 5.74) is 3.11. The number of rotatable bonds is 8. The number of hydrogen-bond acceptors (Lipinski definition) is 0. The molecular weight excluding hydrogens is 384 g/mol. The predicted octanol–water partition coefficient (Wildman–Crippen LogP) is 9.76.